The second-order valence-corrected chi connectivity index (χ2v) is 5.38. The van der Waals surface area contributed by atoms with Crippen molar-refractivity contribution in [2.24, 2.45) is 22.6 Å². The van der Waals surface area contributed by atoms with Crippen molar-refractivity contribution in [1.82, 2.24) is 4.90 Å². The summed E-state index contributed by atoms with van der Waals surface area (Å²) in [6.45, 7) is 3.08. The van der Waals surface area contributed by atoms with E-state index in [4.69, 9.17) is 5.73 Å². The van der Waals surface area contributed by atoms with Gasteiger partial charge in [-0.1, -0.05) is 6.92 Å². The molecule has 15 heavy (non-hydrogen) atoms. The van der Waals surface area contributed by atoms with E-state index in [-0.39, 0.29) is 11.6 Å². The van der Waals surface area contributed by atoms with Crippen molar-refractivity contribution in [2.45, 2.75) is 38.1 Å². The van der Waals surface area contributed by atoms with E-state index in [0.29, 0.717) is 17.7 Å². The molecule has 2 fully saturated rings. The summed E-state index contributed by atoms with van der Waals surface area (Å²) in [4.78, 5) is 17.6. The summed E-state index contributed by atoms with van der Waals surface area (Å²) >= 11 is 0. The number of carbonyl (C=O) groups is 1. The van der Waals surface area contributed by atoms with Crippen molar-refractivity contribution in [2.75, 3.05) is 6.54 Å². The lowest BCUT2D eigenvalue weighted by molar-refractivity contribution is 0.0733. The molecule has 82 valence electrons. The molecule has 0 aromatic carbocycles. The van der Waals surface area contributed by atoms with Crippen molar-refractivity contribution in [3.05, 3.63) is 0 Å². The van der Waals surface area contributed by atoms with Gasteiger partial charge in [0.2, 0.25) is 0 Å². The molecule has 2 N–H and O–H groups in total. The van der Waals surface area contributed by atoms with E-state index in [1.807, 2.05) is 4.90 Å². The fraction of sp³-hybridized carbons (Fsp3) is 0.818. The van der Waals surface area contributed by atoms with Crippen LogP contribution in [0.1, 0.15) is 32.6 Å². The van der Waals surface area contributed by atoms with Gasteiger partial charge in [0.25, 0.3) is 0 Å². The Bertz CT molecular complexity index is 340. The summed E-state index contributed by atoms with van der Waals surface area (Å²) in [6.07, 6.45) is 4.52. The van der Waals surface area contributed by atoms with Crippen LogP contribution in [0.3, 0.4) is 0 Å². The van der Waals surface area contributed by atoms with Crippen LogP contribution in [0.25, 0.3) is 0 Å². The molecule has 0 aromatic rings. The first-order chi connectivity index (χ1) is 7.12. The van der Waals surface area contributed by atoms with E-state index >= 15 is 0 Å². The fourth-order valence-electron chi connectivity index (χ4n) is 2.92. The van der Waals surface area contributed by atoms with E-state index < -0.39 is 0 Å². The Morgan fingerprint density at radius 3 is 2.73 bits per heavy atom. The molecular formula is C11H17N3O. The minimum Gasteiger partial charge on any atom is -0.385 e. The molecule has 1 aliphatic heterocycles. The molecule has 4 nitrogen and oxygen atoms in total. The van der Waals surface area contributed by atoms with Gasteiger partial charge in [0, 0.05) is 6.54 Å². The van der Waals surface area contributed by atoms with Crippen LogP contribution in [0.15, 0.2) is 4.99 Å². The Balaban J connectivity index is 1.82. The van der Waals surface area contributed by atoms with Gasteiger partial charge in [-0.2, -0.15) is 4.99 Å². The average Bonchev–Trinajstić information content (AvgIpc) is 2.88. The second kappa shape index (κ2) is 2.74. The maximum atomic E-state index is 11.7. The summed E-state index contributed by atoms with van der Waals surface area (Å²) in [7, 11) is 0. The number of urea groups is 1. The maximum absolute atomic E-state index is 11.7. The highest BCUT2D eigenvalue weighted by Crippen LogP contribution is 2.47. The van der Waals surface area contributed by atoms with E-state index in [1.165, 1.54) is 12.8 Å². The number of carbonyl (C=O) groups excluding carboxylic acids is 1. The molecule has 3 rings (SSSR count). The van der Waals surface area contributed by atoms with Crippen molar-refractivity contribution < 1.29 is 4.79 Å². The molecule has 2 amide bonds. The first-order valence-electron chi connectivity index (χ1n) is 5.78. The minimum absolute atomic E-state index is 0.105. The van der Waals surface area contributed by atoms with Crippen LogP contribution in [0.5, 0.6) is 0 Å². The predicted octanol–water partition coefficient (Wildman–Crippen LogP) is 1.36. The Kier molecular flexibility index (Phi) is 1.68. The molecule has 1 spiro atoms. The molecule has 0 unspecified atom stereocenters. The Morgan fingerprint density at radius 2 is 2.20 bits per heavy atom. The molecule has 0 saturated heterocycles. The number of amidine groups is 1. The third-order valence-electron chi connectivity index (χ3n) is 3.95. The zero-order chi connectivity index (χ0) is 10.6. The molecular weight excluding hydrogens is 190 g/mol. The number of hydrogen-bond acceptors (Lipinski definition) is 2. The number of aliphatic imine (C=N–C) groups is 1. The van der Waals surface area contributed by atoms with Gasteiger partial charge in [0.15, 0.2) is 0 Å². The fourth-order valence-corrected chi connectivity index (χ4v) is 2.92. The van der Waals surface area contributed by atoms with Crippen LogP contribution in [-0.4, -0.2) is 28.9 Å². The van der Waals surface area contributed by atoms with Crippen molar-refractivity contribution >= 4 is 11.9 Å². The quantitative estimate of drug-likeness (QED) is 0.743. The lowest BCUT2D eigenvalue weighted by Crippen LogP contribution is -2.61. The first-order valence-corrected chi connectivity index (χ1v) is 5.78. The summed E-state index contributed by atoms with van der Waals surface area (Å²) in [5.41, 5.74) is 5.72. The molecule has 0 atom stereocenters. The number of nitrogens with zero attached hydrogens (tertiary/aromatic N) is 2. The van der Waals surface area contributed by atoms with Crippen LogP contribution < -0.4 is 5.73 Å². The highest BCUT2D eigenvalue weighted by molar-refractivity contribution is 6.06. The first kappa shape index (κ1) is 9.19. The van der Waals surface area contributed by atoms with Gasteiger partial charge >= 0.3 is 6.03 Å². The second-order valence-electron chi connectivity index (χ2n) is 5.38. The Morgan fingerprint density at radius 1 is 1.53 bits per heavy atom. The number of hydrogen-bond donors (Lipinski definition) is 1. The zero-order valence-electron chi connectivity index (χ0n) is 9.07. The summed E-state index contributed by atoms with van der Waals surface area (Å²) < 4.78 is 0. The van der Waals surface area contributed by atoms with E-state index in [0.717, 1.165) is 19.4 Å². The minimum atomic E-state index is -0.181. The summed E-state index contributed by atoms with van der Waals surface area (Å²) in [6, 6.07) is -0.105. The topological polar surface area (TPSA) is 58.7 Å². The highest BCUT2D eigenvalue weighted by Gasteiger charge is 2.56. The largest absolute Gasteiger partial charge is 0.385 e. The van der Waals surface area contributed by atoms with E-state index in [1.54, 1.807) is 0 Å². The lowest BCUT2D eigenvalue weighted by Gasteiger charge is -2.49. The van der Waals surface area contributed by atoms with Crippen LogP contribution in [0, 0.1) is 11.8 Å². The lowest BCUT2D eigenvalue weighted by atomic mass is 9.68. The smallest absolute Gasteiger partial charge is 0.346 e. The standard InChI is InChI=1S/C11H17N3O/c1-7-4-11(5-7)9(12)13-10(15)14(11)6-8-2-3-8/h7-8H,2-6H2,1H3,(H2,12,13,15). The van der Waals surface area contributed by atoms with E-state index in [9.17, 15) is 4.79 Å². The third kappa shape index (κ3) is 1.20. The molecule has 2 aliphatic carbocycles. The number of amides is 2. The highest BCUT2D eigenvalue weighted by atomic mass is 16.2. The number of nitrogens with two attached hydrogens (primary N) is 1. The van der Waals surface area contributed by atoms with Gasteiger partial charge < -0.3 is 10.6 Å². The van der Waals surface area contributed by atoms with Gasteiger partial charge in [-0.25, -0.2) is 4.79 Å². The van der Waals surface area contributed by atoms with Crippen molar-refractivity contribution in [3.63, 3.8) is 0 Å². The van der Waals surface area contributed by atoms with Gasteiger partial charge in [0.1, 0.15) is 11.4 Å². The predicted molar refractivity (Wildman–Crippen MR) is 57.6 cm³/mol. The molecule has 4 heteroatoms. The van der Waals surface area contributed by atoms with E-state index in [2.05, 4.69) is 11.9 Å². The Labute approximate surface area is 89.5 Å². The van der Waals surface area contributed by atoms with Crippen molar-refractivity contribution in [3.8, 4) is 0 Å². The van der Waals surface area contributed by atoms with Crippen LogP contribution >= 0.6 is 0 Å². The molecule has 1 heterocycles. The Hall–Kier alpha value is -1.06. The summed E-state index contributed by atoms with van der Waals surface area (Å²) in [5.74, 6) is 1.94. The molecule has 3 aliphatic rings. The summed E-state index contributed by atoms with van der Waals surface area (Å²) in [5, 5.41) is 0. The molecule has 0 radical (unpaired) electrons. The zero-order valence-corrected chi connectivity index (χ0v) is 9.07. The molecule has 0 aromatic heterocycles. The van der Waals surface area contributed by atoms with Crippen molar-refractivity contribution in [1.29, 1.82) is 0 Å². The maximum Gasteiger partial charge on any atom is 0.346 e. The molecule has 0 bridgehead atoms. The third-order valence-corrected chi connectivity index (χ3v) is 3.95. The average molecular weight is 207 g/mol. The van der Waals surface area contributed by atoms with Crippen LogP contribution in [0.4, 0.5) is 4.79 Å². The number of rotatable bonds is 2. The van der Waals surface area contributed by atoms with Gasteiger partial charge in [0.05, 0.1) is 0 Å². The SMILES string of the molecule is CC1CC2(C1)C(N)=NC(=O)N2CC1CC1. The van der Waals surface area contributed by atoms with Gasteiger partial charge in [-0.15, -0.1) is 0 Å². The van der Waals surface area contributed by atoms with Crippen LogP contribution in [0.2, 0.25) is 0 Å². The van der Waals surface area contributed by atoms with Crippen LogP contribution in [-0.2, 0) is 0 Å². The monoisotopic (exact) mass is 207 g/mol. The molecule has 2 saturated carbocycles. The van der Waals surface area contributed by atoms with Gasteiger partial charge in [-0.3, -0.25) is 0 Å². The normalized spacial score (nSPS) is 39.5. The van der Waals surface area contributed by atoms with Gasteiger partial charge in [-0.05, 0) is 37.5 Å².